The van der Waals surface area contributed by atoms with Crippen LogP contribution in [0.2, 0.25) is 0 Å². The molecular weight excluding hydrogens is 248 g/mol. The SMILES string of the molecule is CCCNCc1cc(C)nc(-c2cc(C)nc(C)c2)n1. The van der Waals surface area contributed by atoms with Gasteiger partial charge in [0.05, 0.1) is 5.69 Å². The minimum absolute atomic E-state index is 0.784. The lowest BCUT2D eigenvalue weighted by atomic mass is 10.1. The normalized spacial score (nSPS) is 10.8. The van der Waals surface area contributed by atoms with Crippen LogP contribution in [0.15, 0.2) is 18.2 Å². The van der Waals surface area contributed by atoms with E-state index in [4.69, 9.17) is 0 Å². The Labute approximate surface area is 120 Å². The van der Waals surface area contributed by atoms with Crippen LogP contribution in [0.3, 0.4) is 0 Å². The first-order valence-electron chi connectivity index (χ1n) is 7.09. The third kappa shape index (κ3) is 3.84. The molecule has 2 heterocycles. The molecular formula is C16H22N4. The second kappa shape index (κ2) is 6.57. The minimum atomic E-state index is 0.784. The van der Waals surface area contributed by atoms with E-state index < -0.39 is 0 Å². The van der Waals surface area contributed by atoms with Crippen LogP contribution in [-0.4, -0.2) is 21.5 Å². The van der Waals surface area contributed by atoms with Crippen molar-refractivity contribution in [2.45, 2.75) is 40.7 Å². The molecule has 0 aliphatic heterocycles. The zero-order valence-corrected chi connectivity index (χ0v) is 12.7. The van der Waals surface area contributed by atoms with Crippen molar-refractivity contribution in [2.75, 3.05) is 6.54 Å². The van der Waals surface area contributed by atoms with Gasteiger partial charge >= 0.3 is 0 Å². The second-order valence-electron chi connectivity index (χ2n) is 5.14. The summed E-state index contributed by atoms with van der Waals surface area (Å²) in [7, 11) is 0. The Hall–Kier alpha value is -1.81. The Morgan fingerprint density at radius 1 is 0.900 bits per heavy atom. The fourth-order valence-corrected chi connectivity index (χ4v) is 2.21. The van der Waals surface area contributed by atoms with Crippen LogP contribution in [0.25, 0.3) is 11.4 Å². The Kier molecular flexibility index (Phi) is 4.79. The third-order valence-corrected chi connectivity index (χ3v) is 2.98. The highest BCUT2D eigenvalue weighted by atomic mass is 14.9. The van der Waals surface area contributed by atoms with Crippen molar-refractivity contribution in [3.63, 3.8) is 0 Å². The van der Waals surface area contributed by atoms with Gasteiger partial charge in [0.15, 0.2) is 5.82 Å². The summed E-state index contributed by atoms with van der Waals surface area (Å²) in [5, 5.41) is 3.38. The number of pyridine rings is 1. The molecule has 0 aliphatic carbocycles. The number of rotatable bonds is 5. The van der Waals surface area contributed by atoms with Crippen molar-refractivity contribution in [3.8, 4) is 11.4 Å². The van der Waals surface area contributed by atoms with Crippen LogP contribution in [0.5, 0.6) is 0 Å². The lowest BCUT2D eigenvalue weighted by Gasteiger charge is -2.08. The van der Waals surface area contributed by atoms with Gasteiger partial charge in [0.1, 0.15) is 0 Å². The summed E-state index contributed by atoms with van der Waals surface area (Å²) < 4.78 is 0. The van der Waals surface area contributed by atoms with Crippen LogP contribution >= 0.6 is 0 Å². The average Bonchev–Trinajstić information content (AvgIpc) is 2.37. The first-order valence-corrected chi connectivity index (χ1v) is 7.09. The summed E-state index contributed by atoms with van der Waals surface area (Å²) in [5.74, 6) is 0.784. The van der Waals surface area contributed by atoms with Gasteiger partial charge in [-0.2, -0.15) is 0 Å². The van der Waals surface area contributed by atoms with Gasteiger partial charge in [0, 0.05) is 29.2 Å². The van der Waals surface area contributed by atoms with Gasteiger partial charge in [-0.25, -0.2) is 9.97 Å². The third-order valence-electron chi connectivity index (χ3n) is 2.98. The molecule has 0 saturated heterocycles. The number of aryl methyl sites for hydroxylation is 3. The molecule has 106 valence electrons. The molecule has 0 bridgehead atoms. The molecule has 2 aromatic rings. The van der Waals surface area contributed by atoms with E-state index in [2.05, 4.69) is 27.2 Å². The van der Waals surface area contributed by atoms with Crippen LogP contribution in [0.1, 0.15) is 36.1 Å². The lowest BCUT2D eigenvalue weighted by Crippen LogP contribution is -2.15. The van der Waals surface area contributed by atoms with Crippen LogP contribution < -0.4 is 5.32 Å². The maximum atomic E-state index is 4.66. The molecule has 4 heteroatoms. The fourth-order valence-electron chi connectivity index (χ4n) is 2.21. The predicted octanol–water partition coefficient (Wildman–Crippen LogP) is 2.96. The smallest absolute Gasteiger partial charge is 0.159 e. The van der Waals surface area contributed by atoms with E-state index >= 15 is 0 Å². The minimum Gasteiger partial charge on any atom is -0.311 e. The van der Waals surface area contributed by atoms with Gasteiger partial charge in [-0.15, -0.1) is 0 Å². The number of nitrogens with one attached hydrogen (secondary N) is 1. The van der Waals surface area contributed by atoms with E-state index in [0.29, 0.717) is 0 Å². The molecule has 1 N–H and O–H groups in total. The molecule has 0 unspecified atom stereocenters. The summed E-state index contributed by atoms with van der Waals surface area (Å²) in [4.78, 5) is 13.6. The van der Waals surface area contributed by atoms with E-state index in [1.165, 1.54) is 0 Å². The Morgan fingerprint density at radius 2 is 1.55 bits per heavy atom. The maximum Gasteiger partial charge on any atom is 0.159 e. The second-order valence-corrected chi connectivity index (χ2v) is 5.14. The summed E-state index contributed by atoms with van der Waals surface area (Å²) in [6.45, 7) is 9.95. The van der Waals surface area contributed by atoms with Crippen LogP contribution in [-0.2, 0) is 6.54 Å². The molecule has 4 nitrogen and oxygen atoms in total. The predicted molar refractivity (Wildman–Crippen MR) is 81.5 cm³/mol. The summed E-state index contributed by atoms with van der Waals surface area (Å²) in [5.41, 5.74) is 5.06. The van der Waals surface area contributed by atoms with Crippen molar-refractivity contribution < 1.29 is 0 Å². The van der Waals surface area contributed by atoms with E-state index in [1.807, 2.05) is 39.0 Å². The molecule has 0 saturated carbocycles. The van der Waals surface area contributed by atoms with Gasteiger partial charge in [0.2, 0.25) is 0 Å². The quantitative estimate of drug-likeness (QED) is 0.849. The van der Waals surface area contributed by atoms with Crippen molar-refractivity contribution in [1.29, 1.82) is 0 Å². The Bertz CT molecular complexity index is 573. The van der Waals surface area contributed by atoms with Crippen LogP contribution in [0.4, 0.5) is 0 Å². The zero-order chi connectivity index (χ0) is 14.5. The van der Waals surface area contributed by atoms with Gasteiger partial charge in [0.25, 0.3) is 0 Å². The molecule has 0 spiro atoms. The molecule has 20 heavy (non-hydrogen) atoms. The number of hydrogen-bond donors (Lipinski definition) is 1. The number of hydrogen-bond acceptors (Lipinski definition) is 4. The Morgan fingerprint density at radius 3 is 2.20 bits per heavy atom. The van der Waals surface area contributed by atoms with Crippen molar-refractivity contribution in [2.24, 2.45) is 0 Å². The summed E-state index contributed by atoms with van der Waals surface area (Å²) >= 11 is 0. The number of nitrogens with zero attached hydrogens (tertiary/aromatic N) is 3. The lowest BCUT2D eigenvalue weighted by molar-refractivity contribution is 0.662. The summed E-state index contributed by atoms with van der Waals surface area (Å²) in [6, 6.07) is 6.10. The largest absolute Gasteiger partial charge is 0.311 e. The van der Waals surface area contributed by atoms with Gasteiger partial charge in [-0.3, -0.25) is 4.98 Å². The van der Waals surface area contributed by atoms with Crippen molar-refractivity contribution in [1.82, 2.24) is 20.3 Å². The average molecular weight is 270 g/mol. The molecule has 0 atom stereocenters. The van der Waals surface area contributed by atoms with Crippen molar-refractivity contribution in [3.05, 3.63) is 41.0 Å². The molecule has 0 aromatic carbocycles. The first-order chi connectivity index (χ1) is 9.58. The van der Waals surface area contributed by atoms with Gasteiger partial charge < -0.3 is 5.32 Å². The molecule has 2 aromatic heterocycles. The fraction of sp³-hybridized carbons (Fsp3) is 0.438. The van der Waals surface area contributed by atoms with E-state index in [9.17, 15) is 0 Å². The highest BCUT2D eigenvalue weighted by Gasteiger charge is 2.06. The zero-order valence-electron chi connectivity index (χ0n) is 12.7. The standard InChI is InChI=1S/C16H22N4/c1-5-6-17-10-15-9-13(4)19-16(20-15)14-7-11(2)18-12(3)8-14/h7-9,17H,5-6,10H2,1-4H3. The highest BCUT2D eigenvalue weighted by molar-refractivity contribution is 5.56. The van der Waals surface area contributed by atoms with Crippen molar-refractivity contribution >= 4 is 0 Å². The first kappa shape index (κ1) is 14.6. The number of aromatic nitrogens is 3. The van der Waals surface area contributed by atoms with Crippen LogP contribution in [0, 0.1) is 20.8 Å². The van der Waals surface area contributed by atoms with E-state index in [0.717, 1.165) is 53.7 Å². The molecule has 2 rings (SSSR count). The monoisotopic (exact) mass is 270 g/mol. The molecule has 0 radical (unpaired) electrons. The summed E-state index contributed by atoms with van der Waals surface area (Å²) in [6.07, 6.45) is 1.12. The molecule has 0 aliphatic rings. The topological polar surface area (TPSA) is 50.7 Å². The molecule has 0 amide bonds. The highest BCUT2D eigenvalue weighted by Crippen LogP contribution is 2.17. The van der Waals surface area contributed by atoms with Gasteiger partial charge in [-0.1, -0.05) is 6.92 Å². The molecule has 0 fully saturated rings. The van der Waals surface area contributed by atoms with Gasteiger partial charge in [-0.05, 0) is 51.9 Å². The van der Waals surface area contributed by atoms with E-state index in [1.54, 1.807) is 0 Å². The maximum absolute atomic E-state index is 4.66. The van der Waals surface area contributed by atoms with E-state index in [-0.39, 0.29) is 0 Å². The Balaban J connectivity index is 2.31.